The molecule has 0 N–H and O–H groups in total. The smallest absolute Gasteiger partial charge is 1.00 e. The molecule has 0 spiro atoms. The third-order valence-corrected chi connectivity index (χ3v) is 3.85. The fourth-order valence-corrected chi connectivity index (χ4v) is 2.30. The van der Waals surface area contributed by atoms with E-state index >= 15 is 0 Å². The van der Waals surface area contributed by atoms with Gasteiger partial charge in [0.2, 0.25) is 0 Å². The van der Waals surface area contributed by atoms with Gasteiger partial charge < -0.3 is 9.41 Å². The van der Waals surface area contributed by atoms with Crippen LogP contribution in [0.2, 0.25) is 0 Å². The number of hydrogen-bond donors (Lipinski definition) is 0. The molecule has 21 heavy (non-hydrogen) atoms. The van der Waals surface area contributed by atoms with Crippen molar-refractivity contribution in [2.24, 2.45) is 5.41 Å². The second-order valence-corrected chi connectivity index (χ2v) is 5.68. The zero-order valence-electron chi connectivity index (χ0n) is 14.0. The van der Waals surface area contributed by atoms with Crippen LogP contribution in [0.15, 0.2) is 34.4 Å². The maximum Gasteiger partial charge on any atom is 4.00 e. The van der Waals surface area contributed by atoms with Crippen molar-refractivity contribution < 1.29 is 35.6 Å². The molecule has 0 radical (unpaired) electrons. The van der Waals surface area contributed by atoms with Crippen LogP contribution in [0.25, 0.3) is 0 Å². The predicted octanol–water partition coefficient (Wildman–Crippen LogP) is -0.406. The minimum atomic E-state index is 0. The monoisotopic (exact) mass is 370 g/mol. The van der Waals surface area contributed by atoms with Crippen molar-refractivity contribution >= 4 is 0 Å². The molecule has 0 heterocycles. The number of hydrogen-bond acceptors (Lipinski definition) is 0. The van der Waals surface area contributed by atoms with Crippen molar-refractivity contribution in [3.05, 3.63) is 46.6 Å². The molecule has 0 nitrogen and oxygen atoms in total. The van der Waals surface area contributed by atoms with Gasteiger partial charge in [-0.3, -0.25) is 12.2 Å². The van der Waals surface area contributed by atoms with Crippen LogP contribution >= 0.6 is 0 Å². The van der Waals surface area contributed by atoms with Gasteiger partial charge in [-0.1, -0.05) is 52.9 Å². The fraction of sp³-hybridized carbons (Fsp3) is 0.556. The standard InChI is InChI=1S/C10H15.C8H11.2FH.Zr/c1-7-6-10(4,5)9(3)8(7)2;1-2-5-8-6-3-4-7-8;;;/h1-5H3;3,6H,2,4-5H2,1H3;2*1H;/q2*-1;;;+4/p-2. The van der Waals surface area contributed by atoms with Crippen molar-refractivity contribution in [3.63, 3.8) is 0 Å². The second-order valence-electron chi connectivity index (χ2n) is 5.68. The first-order valence-corrected chi connectivity index (χ1v) is 6.94. The number of halogens is 2. The summed E-state index contributed by atoms with van der Waals surface area (Å²) in [6, 6.07) is 0. The number of rotatable bonds is 2. The molecular weight excluding hydrogens is 345 g/mol. The summed E-state index contributed by atoms with van der Waals surface area (Å²) in [7, 11) is 0. The first-order chi connectivity index (χ1) is 8.38. The molecule has 0 unspecified atom stereocenters. The summed E-state index contributed by atoms with van der Waals surface area (Å²) >= 11 is 0. The maximum atomic E-state index is 3.44. The average Bonchev–Trinajstić information content (AvgIpc) is 2.85. The van der Waals surface area contributed by atoms with Crippen LogP contribution in [0.5, 0.6) is 0 Å². The molecule has 0 fully saturated rings. The topological polar surface area (TPSA) is 0 Å². The van der Waals surface area contributed by atoms with Crippen molar-refractivity contribution in [2.75, 3.05) is 0 Å². The largest absolute Gasteiger partial charge is 4.00 e. The van der Waals surface area contributed by atoms with E-state index < -0.39 is 0 Å². The van der Waals surface area contributed by atoms with Gasteiger partial charge in [-0.2, -0.15) is 17.2 Å². The van der Waals surface area contributed by atoms with Gasteiger partial charge in [0, 0.05) is 0 Å². The summed E-state index contributed by atoms with van der Waals surface area (Å²) in [4.78, 5) is 0. The molecule has 0 aliphatic heterocycles. The van der Waals surface area contributed by atoms with E-state index in [1.165, 1.54) is 35.1 Å². The van der Waals surface area contributed by atoms with Gasteiger partial charge in [-0.05, 0) is 0 Å². The van der Waals surface area contributed by atoms with Crippen LogP contribution in [0.3, 0.4) is 0 Å². The van der Waals surface area contributed by atoms with Gasteiger partial charge in [-0.15, -0.1) is 13.3 Å². The Bertz CT molecular complexity index is 426. The fourth-order valence-electron chi connectivity index (χ4n) is 2.30. The van der Waals surface area contributed by atoms with Gasteiger partial charge in [-0.25, -0.2) is 17.2 Å². The molecule has 2 aliphatic rings. The van der Waals surface area contributed by atoms with Crippen LogP contribution < -0.4 is 9.41 Å². The predicted molar refractivity (Wildman–Crippen MR) is 80.0 cm³/mol. The Balaban J connectivity index is -0.000000274. The Hall–Kier alpha value is -0.297. The van der Waals surface area contributed by atoms with Crippen LogP contribution in [-0.4, -0.2) is 0 Å². The van der Waals surface area contributed by atoms with Gasteiger partial charge in [0.15, 0.2) is 0 Å². The molecule has 0 aromatic rings. The van der Waals surface area contributed by atoms with E-state index in [0.717, 1.165) is 6.42 Å². The van der Waals surface area contributed by atoms with E-state index in [1.807, 2.05) is 0 Å². The van der Waals surface area contributed by atoms with E-state index in [-0.39, 0.29) is 41.0 Å². The Morgan fingerprint density at radius 1 is 1.14 bits per heavy atom. The van der Waals surface area contributed by atoms with E-state index in [4.69, 9.17) is 0 Å². The van der Waals surface area contributed by atoms with E-state index in [1.54, 1.807) is 0 Å². The van der Waals surface area contributed by atoms with Gasteiger partial charge >= 0.3 is 26.2 Å². The van der Waals surface area contributed by atoms with Crippen molar-refractivity contribution in [1.82, 2.24) is 0 Å². The Kier molecular flexibility index (Phi) is 13.8. The molecule has 0 bridgehead atoms. The third-order valence-electron chi connectivity index (χ3n) is 3.85. The Labute approximate surface area is 148 Å². The van der Waals surface area contributed by atoms with Crippen molar-refractivity contribution in [1.29, 1.82) is 0 Å². The summed E-state index contributed by atoms with van der Waals surface area (Å²) in [5, 5.41) is 0. The van der Waals surface area contributed by atoms with E-state index in [0.29, 0.717) is 0 Å². The zero-order valence-corrected chi connectivity index (χ0v) is 16.5. The molecule has 2 rings (SSSR count). The van der Waals surface area contributed by atoms with Crippen LogP contribution in [0, 0.1) is 17.6 Å². The molecule has 3 heteroatoms. The summed E-state index contributed by atoms with van der Waals surface area (Å²) in [6.45, 7) is 13.1. The summed E-state index contributed by atoms with van der Waals surface area (Å²) in [6.07, 6.45) is 14.5. The number of allylic oxidation sites excluding steroid dienone is 8. The quantitative estimate of drug-likeness (QED) is 0.579. The summed E-state index contributed by atoms with van der Waals surface area (Å²) in [5.74, 6) is 0. The minimum Gasteiger partial charge on any atom is -1.00 e. The molecule has 0 saturated heterocycles. The molecule has 0 atom stereocenters. The molecule has 0 aromatic heterocycles. The molecular formula is C18H26F2Zr. The molecule has 0 amide bonds. The second kappa shape index (κ2) is 11.3. The van der Waals surface area contributed by atoms with Crippen LogP contribution in [0.1, 0.15) is 60.8 Å². The third kappa shape index (κ3) is 7.50. The molecule has 2 aliphatic carbocycles. The van der Waals surface area contributed by atoms with Gasteiger partial charge in [0.05, 0.1) is 0 Å². The zero-order chi connectivity index (χ0) is 13.8. The van der Waals surface area contributed by atoms with Crippen molar-refractivity contribution in [2.45, 2.75) is 60.8 Å². The average molecular weight is 372 g/mol. The van der Waals surface area contributed by atoms with Crippen molar-refractivity contribution in [3.8, 4) is 0 Å². The van der Waals surface area contributed by atoms with Crippen LogP contribution in [0.4, 0.5) is 0 Å². The first kappa shape index (κ1) is 25.6. The van der Waals surface area contributed by atoms with E-state index in [9.17, 15) is 0 Å². The van der Waals surface area contributed by atoms with Crippen LogP contribution in [-0.2, 0) is 26.2 Å². The molecule has 0 saturated carbocycles. The molecule has 116 valence electrons. The minimum absolute atomic E-state index is 0. The summed E-state index contributed by atoms with van der Waals surface area (Å²) < 4.78 is 0. The molecule has 0 aromatic carbocycles. The SMILES string of the molecule is CC1=[C-]C(C)(C)C(C)=C1C.CCCC1=[C-]CC=C1.[F-].[F-].[Zr+4]. The van der Waals surface area contributed by atoms with Gasteiger partial charge in [0.1, 0.15) is 0 Å². The summed E-state index contributed by atoms with van der Waals surface area (Å²) in [5.41, 5.74) is 5.79. The first-order valence-electron chi connectivity index (χ1n) is 6.94. The van der Waals surface area contributed by atoms with E-state index in [2.05, 4.69) is 65.8 Å². The Morgan fingerprint density at radius 2 is 1.71 bits per heavy atom. The normalized spacial score (nSPS) is 17.6. The Morgan fingerprint density at radius 3 is 1.95 bits per heavy atom. The van der Waals surface area contributed by atoms with Gasteiger partial charge in [0.25, 0.3) is 0 Å². The maximum absolute atomic E-state index is 3.44.